The lowest BCUT2D eigenvalue weighted by atomic mass is 10.1. The standard InChI is InChI=1S/C20H20N4O2/c1-14-6-3-4-7-15(14)11-21-19(25)16-12-22-20(23-13-16)24-17-8-5-9-18(10-17)26-2/h3-10,12-13H,11H2,1-2H3,(H,21,25)(H,22,23,24). The molecule has 1 aromatic heterocycles. The molecule has 0 fully saturated rings. The molecule has 26 heavy (non-hydrogen) atoms. The van der Waals surface area contributed by atoms with E-state index in [2.05, 4.69) is 20.6 Å². The van der Waals surface area contributed by atoms with E-state index in [1.165, 1.54) is 12.4 Å². The summed E-state index contributed by atoms with van der Waals surface area (Å²) in [7, 11) is 1.61. The summed E-state index contributed by atoms with van der Waals surface area (Å²) >= 11 is 0. The molecule has 3 rings (SSSR count). The molecule has 2 N–H and O–H groups in total. The number of anilines is 2. The molecule has 0 radical (unpaired) electrons. The maximum atomic E-state index is 12.3. The van der Waals surface area contributed by atoms with Crippen molar-refractivity contribution in [3.8, 4) is 5.75 Å². The lowest BCUT2D eigenvalue weighted by molar-refractivity contribution is 0.0950. The predicted molar refractivity (Wildman–Crippen MR) is 101 cm³/mol. The fourth-order valence-electron chi connectivity index (χ4n) is 2.43. The van der Waals surface area contributed by atoms with Gasteiger partial charge in [-0.05, 0) is 30.2 Å². The highest BCUT2D eigenvalue weighted by molar-refractivity contribution is 5.93. The quantitative estimate of drug-likeness (QED) is 0.713. The molecule has 0 saturated heterocycles. The normalized spacial score (nSPS) is 10.2. The van der Waals surface area contributed by atoms with Gasteiger partial charge in [0.1, 0.15) is 5.75 Å². The number of amides is 1. The molecule has 0 bridgehead atoms. The molecule has 0 spiro atoms. The van der Waals surface area contributed by atoms with Crippen molar-refractivity contribution in [2.45, 2.75) is 13.5 Å². The highest BCUT2D eigenvalue weighted by atomic mass is 16.5. The number of nitrogens with one attached hydrogen (secondary N) is 2. The van der Waals surface area contributed by atoms with Gasteiger partial charge in [-0.15, -0.1) is 0 Å². The van der Waals surface area contributed by atoms with Gasteiger partial charge < -0.3 is 15.4 Å². The fourth-order valence-corrected chi connectivity index (χ4v) is 2.43. The van der Waals surface area contributed by atoms with Crippen LogP contribution in [0.4, 0.5) is 11.6 Å². The second kappa shape index (κ2) is 8.11. The molecule has 0 atom stereocenters. The summed E-state index contributed by atoms with van der Waals surface area (Å²) in [5.41, 5.74) is 3.44. The molecule has 6 heteroatoms. The zero-order valence-electron chi connectivity index (χ0n) is 14.7. The smallest absolute Gasteiger partial charge is 0.254 e. The zero-order valence-corrected chi connectivity index (χ0v) is 14.7. The number of methoxy groups -OCH3 is 1. The van der Waals surface area contributed by atoms with Crippen LogP contribution in [-0.2, 0) is 6.54 Å². The SMILES string of the molecule is COc1cccc(Nc2ncc(C(=O)NCc3ccccc3C)cn2)c1. The highest BCUT2D eigenvalue weighted by Crippen LogP contribution is 2.19. The van der Waals surface area contributed by atoms with E-state index in [1.807, 2.05) is 55.5 Å². The van der Waals surface area contributed by atoms with Gasteiger partial charge in [0.2, 0.25) is 5.95 Å². The number of aromatic nitrogens is 2. The fraction of sp³-hybridized carbons (Fsp3) is 0.150. The minimum Gasteiger partial charge on any atom is -0.497 e. The van der Waals surface area contributed by atoms with Crippen LogP contribution in [0.3, 0.4) is 0 Å². The Morgan fingerprint density at radius 1 is 1.08 bits per heavy atom. The van der Waals surface area contributed by atoms with Crippen LogP contribution in [0.5, 0.6) is 5.75 Å². The maximum Gasteiger partial charge on any atom is 0.254 e. The van der Waals surface area contributed by atoms with Crippen molar-refractivity contribution in [1.82, 2.24) is 15.3 Å². The molecule has 0 aliphatic heterocycles. The molecule has 132 valence electrons. The highest BCUT2D eigenvalue weighted by Gasteiger charge is 2.08. The first-order valence-electron chi connectivity index (χ1n) is 8.21. The van der Waals surface area contributed by atoms with E-state index in [0.717, 1.165) is 22.6 Å². The molecule has 0 unspecified atom stereocenters. The third-order valence-electron chi connectivity index (χ3n) is 3.94. The zero-order chi connectivity index (χ0) is 18.4. The van der Waals surface area contributed by atoms with Gasteiger partial charge in [0.15, 0.2) is 0 Å². The van der Waals surface area contributed by atoms with Gasteiger partial charge >= 0.3 is 0 Å². The van der Waals surface area contributed by atoms with Crippen LogP contribution < -0.4 is 15.4 Å². The van der Waals surface area contributed by atoms with E-state index in [1.54, 1.807) is 7.11 Å². The third-order valence-corrected chi connectivity index (χ3v) is 3.94. The number of benzene rings is 2. The minimum absolute atomic E-state index is 0.207. The summed E-state index contributed by atoms with van der Waals surface area (Å²) < 4.78 is 5.18. The van der Waals surface area contributed by atoms with Crippen molar-refractivity contribution >= 4 is 17.5 Å². The summed E-state index contributed by atoms with van der Waals surface area (Å²) in [5, 5.41) is 5.96. The number of aryl methyl sites for hydroxylation is 1. The number of hydrogen-bond acceptors (Lipinski definition) is 5. The molecule has 1 amide bonds. The topological polar surface area (TPSA) is 76.1 Å². The molecule has 0 aliphatic rings. The molecule has 0 saturated carbocycles. The Bertz CT molecular complexity index is 894. The maximum absolute atomic E-state index is 12.3. The monoisotopic (exact) mass is 348 g/mol. The summed E-state index contributed by atoms with van der Waals surface area (Å²) in [6.07, 6.45) is 3.01. The summed E-state index contributed by atoms with van der Waals surface area (Å²) in [6.45, 7) is 2.49. The second-order valence-corrected chi connectivity index (χ2v) is 5.76. The van der Waals surface area contributed by atoms with Gasteiger partial charge in [-0.1, -0.05) is 30.3 Å². The van der Waals surface area contributed by atoms with Crippen LogP contribution in [0.15, 0.2) is 60.9 Å². The Morgan fingerprint density at radius 2 is 1.85 bits per heavy atom. The average Bonchev–Trinajstić information content (AvgIpc) is 2.68. The van der Waals surface area contributed by atoms with Crippen LogP contribution in [0.2, 0.25) is 0 Å². The lowest BCUT2D eigenvalue weighted by Crippen LogP contribution is -2.23. The molecule has 0 aliphatic carbocycles. The summed E-state index contributed by atoms with van der Waals surface area (Å²) in [5.74, 6) is 0.942. The number of hydrogen-bond donors (Lipinski definition) is 2. The van der Waals surface area contributed by atoms with Gasteiger partial charge in [-0.2, -0.15) is 0 Å². The molecule has 3 aromatic rings. The average molecular weight is 348 g/mol. The molecule has 6 nitrogen and oxygen atoms in total. The number of rotatable bonds is 6. The number of nitrogens with zero attached hydrogens (tertiary/aromatic N) is 2. The van der Waals surface area contributed by atoms with Gasteiger partial charge in [0.25, 0.3) is 5.91 Å². The number of carbonyl (C=O) groups is 1. The predicted octanol–water partition coefficient (Wildman–Crippen LogP) is 3.47. The van der Waals surface area contributed by atoms with Crippen molar-refractivity contribution in [2.75, 3.05) is 12.4 Å². The Hall–Kier alpha value is -3.41. The first-order valence-corrected chi connectivity index (χ1v) is 8.21. The Balaban J connectivity index is 1.61. The number of carbonyl (C=O) groups excluding carboxylic acids is 1. The van der Waals surface area contributed by atoms with Crippen molar-refractivity contribution in [3.05, 3.63) is 77.6 Å². The van der Waals surface area contributed by atoms with Crippen molar-refractivity contribution in [1.29, 1.82) is 0 Å². The van der Waals surface area contributed by atoms with E-state index in [9.17, 15) is 4.79 Å². The molecule has 2 aromatic carbocycles. The molecular formula is C20H20N4O2. The van der Waals surface area contributed by atoms with Crippen molar-refractivity contribution in [3.63, 3.8) is 0 Å². The summed E-state index contributed by atoms with van der Waals surface area (Å²) in [4.78, 5) is 20.7. The molecule has 1 heterocycles. The summed E-state index contributed by atoms with van der Waals surface area (Å²) in [6, 6.07) is 15.4. The minimum atomic E-state index is -0.207. The van der Waals surface area contributed by atoms with Crippen LogP contribution in [0.25, 0.3) is 0 Å². The Labute approximate surface area is 152 Å². The van der Waals surface area contributed by atoms with Crippen LogP contribution in [0.1, 0.15) is 21.5 Å². The van der Waals surface area contributed by atoms with Crippen LogP contribution in [0, 0.1) is 6.92 Å². The van der Waals surface area contributed by atoms with E-state index in [0.29, 0.717) is 18.1 Å². The third kappa shape index (κ3) is 4.36. The van der Waals surface area contributed by atoms with E-state index >= 15 is 0 Å². The second-order valence-electron chi connectivity index (χ2n) is 5.76. The number of ether oxygens (including phenoxy) is 1. The Kier molecular flexibility index (Phi) is 5.43. The van der Waals surface area contributed by atoms with E-state index in [4.69, 9.17) is 4.74 Å². The van der Waals surface area contributed by atoms with Crippen molar-refractivity contribution in [2.24, 2.45) is 0 Å². The van der Waals surface area contributed by atoms with Gasteiger partial charge in [0.05, 0.1) is 12.7 Å². The van der Waals surface area contributed by atoms with E-state index in [-0.39, 0.29) is 5.91 Å². The lowest BCUT2D eigenvalue weighted by Gasteiger charge is -2.09. The Morgan fingerprint density at radius 3 is 2.58 bits per heavy atom. The van der Waals surface area contributed by atoms with Gasteiger partial charge in [-0.25, -0.2) is 9.97 Å². The molecular weight excluding hydrogens is 328 g/mol. The van der Waals surface area contributed by atoms with E-state index < -0.39 is 0 Å². The van der Waals surface area contributed by atoms with Crippen molar-refractivity contribution < 1.29 is 9.53 Å². The van der Waals surface area contributed by atoms with Gasteiger partial charge in [0, 0.05) is 30.7 Å². The van der Waals surface area contributed by atoms with Crippen LogP contribution in [-0.4, -0.2) is 23.0 Å². The van der Waals surface area contributed by atoms with Gasteiger partial charge in [-0.3, -0.25) is 4.79 Å². The first-order chi connectivity index (χ1) is 12.7. The first kappa shape index (κ1) is 17.4. The van der Waals surface area contributed by atoms with Crippen LogP contribution >= 0.6 is 0 Å². The largest absolute Gasteiger partial charge is 0.497 e.